The molecule has 2 rings (SSSR count). The van der Waals surface area contributed by atoms with Gasteiger partial charge in [-0.1, -0.05) is 23.8 Å². The molecule has 0 amide bonds. The molecule has 1 nitrogen and oxygen atoms in total. The van der Waals surface area contributed by atoms with E-state index in [0.29, 0.717) is 6.42 Å². The number of ketones is 1. The fraction of sp³-hybridized carbons (Fsp3) is 0.235. The molecule has 0 saturated heterocycles. The quantitative estimate of drug-likeness (QED) is 0.755. The van der Waals surface area contributed by atoms with E-state index in [1.807, 2.05) is 32.0 Å². The predicted molar refractivity (Wildman–Crippen MR) is 74.9 cm³/mol. The van der Waals surface area contributed by atoms with Crippen molar-refractivity contribution in [2.45, 2.75) is 26.7 Å². The summed E-state index contributed by atoms with van der Waals surface area (Å²) in [7, 11) is 0. The summed E-state index contributed by atoms with van der Waals surface area (Å²) in [5.74, 6) is -1.69. The predicted octanol–water partition coefficient (Wildman–Crippen LogP) is 4.40. The Hall–Kier alpha value is -2.03. The van der Waals surface area contributed by atoms with Crippen molar-refractivity contribution in [1.82, 2.24) is 0 Å². The molecule has 0 aromatic heterocycles. The molecule has 0 aliphatic rings. The monoisotopic (exact) mass is 274 g/mol. The summed E-state index contributed by atoms with van der Waals surface area (Å²) >= 11 is 0. The topological polar surface area (TPSA) is 17.1 Å². The van der Waals surface area contributed by atoms with Crippen molar-refractivity contribution in [1.29, 1.82) is 0 Å². The molecule has 20 heavy (non-hydrogen) atoms. The Bertz CT molecular complexity index is 627. The zero-order valence-corrected chi connectivity index (χ0v) is 11.5. The van der Waals surface area contributed by atoms with E-state index in [9.17, 15) is 13.6 Å². The van der Waals surface area contributed by atoms with Gasteiger partial charge < -0.3 is 0 Å². The van der Waals surface area contributed by atoms with Crippen molar-refractivity contribution >= 4 is 5.78 Å². The second kappa shape index (κ2) is 5.95. The molecule has 3 heteroatoms. The fourth-order valence-electron chi connectivity index (χ4n) is 2.18. The molecule has 0 N–H and O–H groups in total. The third-order valence-electron chi connectivity index (χ3n) is 3.31. The van der Waals surface area contributed by atoms with Crippen LogP contribution < -0.4 is 0 Å². The molecule has 104 valence electrons. The van der Waals surface area contributed by atoms with Gasteiger partial charge in [-0.3, -0.25) is 4.79 Å². The van der Waals surface area contributed by atoms with Gasteiger partial charge in [0.2, 0.25) is 0 Å². The molecule has 0 aliphatic carbocycles. The van der Waals surface area contributed by atoms with E-state index in [-0.39, 0.29) is 17.8 Å². The minimum Gasteiger partial charge on any atom is -0.294 e. The normalized spacial score (nSPS) is 10.6. The highest BCUT2D eigenvalue weighted by Crippen LogP contribution is 2.16. The molecule has 0 unspecified atom stereocenters. The van der Waals surface area contributed by atoms with Crippen LogP contribution in [0.5, 0.6) is 0 Å². The summed E-state index contributed by atoms with van der Waals surface area (Å²) in [4.78, 5) is 12.0. The zero-order chi connectivity index (χ0) is 14.7. The highest BCUT2D eigenvalue weighted by Gasteiger charge is 2.10. The van der Waals surface area contributed by atoms with Crippen LogP contribution in [-0.4, -0.2) is 5.78 Å². The van der Waals surface area contributed by atoms with Gasteiger partial charge in [0, 0.05) is 18.1 Å². The van der Waals surface area contributed by atoms with Crippen molar-refractivity contribution in [3.05, 3.63) is 70.3 Å². The molecule has 0 saturated carbocycles. The van der Waals surface area contributed by atoms with E-state index in [4.69, 9.17) is 0 Å². The fourth-order valence-corrected chi connectivity index (χ4v) is 2.18. The number of hydrogen-bond acceptors (Lipinski definition) is 1. The van der Waals surface area contributed by atoms with Crippen LogP contribution in [0.4, 0.5) is 8.78 Å². The third kappa shape index (κ3) is 3.50. The van der Waals surface area contributed by atoms with E-state index in [0.717, 1.165) is 34.9 Å². The Morgan fingerprint density at radius 2 is 1.65 bits per heavy atom. The first kappa shape index (κ1) is 14.4. The number of benzene rings is 2. The summed E-state index contributed by atoms with van der Waals surface area (Å²) in [6.45, 7) is 3.98. The van der Waals surface area contributed by atoms with E-state index in [1.165, 1.54) is 0 Å². The van der Waals surface area contributed by atoms with Crippen molar-refractivity contribution in [2.24, 2.45) is 0 Å². The maximum absolute atomic E-state index is 13.1. The molecule has 0 fully saturated rings. The number of aryl methyl sites for hydroxylation is 3. The smallest absolute Gasteiger partial charge is 0.163 e. The summed E-state index contributed by atoms with van der Waals surface area (Å²) in [5.41, 5.74) is 3.44. The van der Waals surface area contributed by atoms with Crippen LogP contribution in [0.15, 0.2) is 36.4 Å². The van der Waals surface area contributed by atoms with Crippen LogP contribution in [0.25, 0.3) is 0 Å². The number of carbonyl (C=O) groups is 1. The second-order valence-corrected chi connectivity index (χ2v) is 5.01. The van der Waals surface area contributed by atoms with Gasteiger partial charge in [0.1, 0.15) is 11.6 Å². The van der Waals surface area contributed by atoms with Gasteiger partial charge in [0.05, 0.1) is 0 Å². The van der Waals surface area contributed by atoms with Gasteiger partial charge in [0.15, 0.2) is 5.78 Å². The number of hydrogen-bond donors (Lipinski definition) is 0. The Balaban J connectivity index is 2.10. The van der Waals surface area contributed by atoms with Gasteiger partial charge in [-0.25, -0.2) is 8.78 Å². The average molecular weight is 274 g/mol. The molecule has 2 aromatic rings. The highest BCUT2D eigenvalue weighted by molar-refractivity contribution is 5.96. The van der Waals surface area contributed by atoms with Gasteiger partial charge in [0.25, 0.3) is 0 Å². The van der Waals surface area contributed by atoms with Crippen LogP contribution in [0, 0.1) is 25.5 Å². The number of carbonyl (C=O) groups excluding carboxylic acids is 1. The Morgan fingerprint density at radius 3 is 2.30 bits per heavy atom. The average Bonchev–Trinajstić information content (AvgIpc) is 2.38. The summed E-state index contributed by atoms with van der Waals surface area (Å²) in [6, 6.07) is 8.99. The Labute approximate surface area is 117 Å². The number of rotatable bonds is 4. The first-order valence-corrected chi connectivity index (χ1v) is 6.51. The Kier molecular flexibility index (Phi) is 4.28. The van der Waals surface area contributed by atoms with E-state index in [1.54, 1.807) is 0 Å². The van der Waals surface area contributed by atoms with Gasteiger partial charge >= 0.3 is 0 Å². The minimum atomic E-state index is -0.722. The lowest BCUT2D eigenvalue weighted by Gasteiger charge is -2.07. The highest BCUT2D eigenvalue weighted by atomic mass is 19.1. The Morgan fingerprint density at radius 1 is 1.00 bits per heavy atom. The molecule has 0 heterocycles. The molecular formula is C17H16F2O. The molecule has 0 radical (unpaired) electrons. The van der Waals surface area contributed by atoms with Crippen molar-refractivity contribution < 1.29 is 13.6 Å². The lowest BCUT2D eigenvalue weighted by molar-refractivity contribution is 0.0982. The van der Waals surface area contributed by atoms with Crippen LogP contribution in [-0.2, 0) is 6.42 Å². The molecular weight excluding hydrogens is 258 g/mol. The van der Waals surface area contributed by atoms with Crippen molar-refractivity contribution in [3.8, 4) is 0 Å². The van der Waals surface area contributed by atoms with Gasteiger partial charge in [-0.15, -0.1) is 0 Å². The standard InChI is InChI=1S/C17H16F2O/c1-11-3-4-12(2)13(7-11)5-6-17(20)14-8-15(18)10-16(19)9-14/h3-4,7-10H,5-6H2,1-2H3. The van der Waals surface area contributed by atoms with Crippen LogP contribution in [0.3, 0.4) is 0 Å². The third-order valence-corrected chi connectivity index (χ3v) is 3.31. The molecule has 0 aliphatic heterocycles. The van der Waals surface area contributed by atoms with Crippen LogP contribution in [0.2, 0.25) is 0 Å². The number of Topliss-reactive ketones (excluding diaryl/α,β-unsaturated/α-hetero) is 1. The molecule has 0 bridgehead atoms. The summed E-state index contributed by atoms with van der Waals surface area (Å²) in [5, 5.41) is 0. The molecule has 0 atom stereocenters. The molecule has 0 spiro atoms. The number of halogens is 2. The van der Waals surface area contributed by atoms with Crippen LogP contribution >= 0.6 is 0 Å². The zero-order valence-electron chi connectivity index (χ0n) is 11.5. The maximum Gasteiger partial charge on any atom is 0.163 e. The van der Waals surface area contributed by atoms with Gasteiger partial charge in [-0.05, 0) is 43.5 Å². The van der Waals surface area contributed by atoms with E-state index in [2.05, 4.69) is 0 Å². The molecule has 2 aromatic carbocycles. The summed E-state index contributed by atoms with van der Waals surface area (Å²) < 4.78 is 26.2. The lowest BCUT2D eigenvalue weighted by atomic mass is 9.98. The second-order valence-electron chi connectivity index (χ2n) is 5.01. The van der Waals surface area contributed by atoms with Crippen molar-refractivity contribution in [3.63, 3.8) is 0 Å². The van der Waals surface area contributed by atoms with E-state index >= 15 is 0 Å². The first-order valence-electron chi connectivity index (χ1n) is 6.51. The lowest BCUT2D eigenvalue weighted by Crippen LogP contribution is -2.03. The largest absolute Gasteiger partial charge is 0.294 e. The maximum atomic E-state index is 13.1. The van der Waals surface area contributed by atoms with E-state index < -0.39 is 11.6 Å². The first-order chi connectivity index (χ1) is 9.45. The van der Waals surface area contributed by atoms with Crippen molar-refractivity contribution in [2.75, 3.05) is 0 Å². The minimum absolute atomic E-state index is 0.0906. The SMILES string of the molecule is Cc1ccc(C)c(CCC(=O)c2cc(F)cc(F)c2)c1. The van der Waals surface area contributed by atoms with Gasteiger partial charge in [-0.2, -0.15) is 0 Å². The summed E-state index contributed by atoms with van der Waals surface area (Å²) in [6.07, 6.45) is 0.817. The van der Waals surface area contributed by atoms with Crippen LogP contribution in [0.1, 0.15) is 33.5 Å².